The molecule has 5 heteroatoms. The summed E-state index contributed by atoms with van der Waals surface area (Å²) in [7, 11) is 1.88. The summed E-state index contributed by atoms with van der Waals surface area (Å²) < 4.78 is 1.85. The molecule has 5 nitrogen and oxygen atoms in total. The van der Waals surface area contributed by atoms with E-state index in [-0.39, 0.29) is 17.9 Å². The number of para-hydroxylation sites is 1. The number of aromatic nitrogens is 1. The number of carbonyl (C=O) groups is 2. The fraction of sp³-hybridized carbons (Fsp3) is 0.280. The molecule has 0 bridgehead atoms. The van der Waals surface area contributed by atoms with Crippen molar-refractivity contribution >= 4 is 17.5 Å². The fourth-order valence-electron chi connectivity index (χ4n) is 5.23. The molecule has 3 aromatic rings. The molecule has 30 heavy (non-hydrogen) atoms. The first kappa shape index (κ1) is 18.7. The first-order valence-corrected chi connectivity index (χ1v) is 10.5. The number of hydrogen-bond acceptors (Lipinski definition) is 2. The maximum atomic E-state index is 13.5. The largest absolute Gasteiger partial charge is 0.347 e. The minimum Gasteiger partial charge on any atom is -0.347 e. The van der Waals surface area contributed by atoms with E-state index in [9.17, 15) is 9.59 Å². The summed E-state index contributed by atoms with van der Waals surface area (Å²) >= 11 is 0. The Bertz CT molecular complexity index is 1100. The molecule has 2 aliphatic heterocycles. The van der Waals surface area contributed by atoms with Crippen LogP contribution in [0.15, 0.2) is 72.9 Å². The molecule has 1 N–H and O–H groups in total. The molecule has 2 atom stereocenters. The molecule has 1 saturated heterocycles. The van der Waals surface area contributed by atoms with Gasteiger partial charge in [-0.1, -0.05) is 48.5 Å². The van der Waals surface area contributed by atoms with Gasteiger partial charge in [0.2, 0.25) is 5.91 Å². The minimum absolute atomic E-state index is 0.00498. The van der Waals surface area contributed by atoms with E-state index in [1.807, 2.05) is 77.3 Å². The van der Waals surface area contributed by atoms with Gasteiger partial charge in [-0.2, -0.15) is 0 Å². The van der Waals surface area contributed by atoms with Crippen LogP contribution in [0.3, 0.4) is 0 Å². The number of amides is 2. The van der Waals surface area contributed by atoms with Gasteiger partial charge in [0.25, 0.3) is 5.91 Å². The van der Waals surface area contributed by atoms with Gasteiger partial charge in [-0.3, -0.25) is 9.59 Å². The van der Waals surface area contributed by atoms with E-state index >= 15 is 0 Å². The first-order chi connectivity index (χ1) is 14.6. The SMILES string of the molecule is Cn1cccc1C(=O)N1CC[C@@]2(C(=O)Nc3ccccc32)[C@@H]1CCc1ccccc1. The van der Waals surface area contributed by atoms with Gasteiger partial charge in [0.1, 0.15) is 5.69 Å². The number of hydrogen-bond donors (Lipinski definition) is 1. The lowest BCUT2D eigenvalue weighted by atomic mass is 9.73. The van der Waals surface area contributed by atoms with E-state index in [4.69, 9.17) is 0 Å². The molecule has 2 amide bonds. The normalized spacial score (nSPS) is 22.4. The molecule has 0 radical (unpaired) electrons. The average Bonchev–Trinajstić information content (AvgIpc) is 3.44. The van der Waals surface area contributed by atoms with Crippen LogP contribution in [0, 0.1) is 0 Å². The van der Waals surface area contributed by atoms with Crippen molar-refractivity contribution in [3.63, 3.8) is 0 Å². The lowest BCUT2D eigenvalue weighted by molar-refractivity contribution is -0.121. The van der Waals surface area contributed by atoms with Crippen molar-refractivity contribution in [3.05, 3.63) is 89.7 Å². The number of anilines is 1. The molecule has 2 aliphatic rings. The number of carbonyl (C=O) groups excluding carboxylic acids is 2. The van der Waals surface area contributed by atoms with Gasteiger partial charge in [-0.05, 0) is 48.6 Å². The Morgan fingerprint density at radius 1 is 1.07 bits per heavy atom. The van der Waals surface area contributed by atoms with Crippen LogP contribution in [0.2, 0.25) is 0 Å². The van der Waals surface area contributed by atoms with Gasteiger partial charge in [-0.25, -0.2) is 0 Å². The first-order valence-electron chi connectivity index (χ1n) is 10.5. The second-order valence-corrected chi connectivity index (χ2v) is 8.26. The van der Waals surface area contributed by atoms with Gasteiger partial charge in [0.05, 0.1) is 11.5 Å². The van der Waals surface area contributed by atoms with Crippen LogP contribution >= 0.6 is 0 Å². The Morgan fingerprint density at radius 2 is 1.83 bits per heavy atom. The van der Waals surface area contributed by atoms with Gasteiger partial charge in [-0.15, -0.1) is 0 Å². The lowest BCUT2D eigenvalue weighted by Gasteiger charge is -2.34. The van der Waals surface area contributed by atoms with Crippen LogP contribution in [-0.2, 0) is 23.7 Å². The van der Waals surface area contributed by atoms with Crippen molar-refractivity contribution in [3.8, 4) is 0 Å². The van der Waals surface area contributed by atoms with E-state index in [0.717, 1.165) is 24.1 Å². The number of fused-ring (bicyclic) bond motifs is 2. The molecule has 152 valence electrons. The van der Waals surface area contributed by atoms with Crippen molar-refractivity contribution in [2.24, 2.45) is 7.05 Å². The molecular weight excluding hydrogens is 374 g/mol. The highest BCUT2D eigenvalue weighted by atomic mass is 16.2. The highest BCUT2D eigenvalue weighted by molar-refractivity contribution is 6.08. The molecule has 3 heterocycles. The zero-order chi connectivity index (χ0) is 20.7. The third-order valence-electron chi connectivity index (χ3n) is 6.73. The van der Waals surface area contributed by atoms with Crippen molar-refractivity contribution in [2.75, 3.05) is 11.9 Å². The van der Waals surface area contributed by atoms with Gasteiger partial charge in [0, 0.05) is 25.5 Å². The highest BCUT2D eigenvalue weighted by Gasteiger charge is 2.58. The molecule has 5 rings (SSSR count). The van der Waals surface area contributed by atoms with E-state index in [1.165, 1.54) is 5.56 Å². The summed E-state index contributed by atoms with van der Waals surface area (Å²) in [5.41, 5.74) is 3.09. The molecule has 1 fully saturated rings. The summed E-state index contributed by atoms with van der Waals surface area (Å²) in [6, 6.07) is 21.7. The van der Waals surface area contributed by atoms with Crippen LogP contribution in [0.1, 0.15) is 34.5 Å². The summed E-state index contributed by atoms with van der Waals surface area (Å²) in [6.45, 7) is 0.575. The topological polar surface area (TPSA) is 54.3 Å². The number of aryl methyl sites for hydroxylation is 2. The predicted octanol–water partition coefficient (Wildman–Crippen LogP) is 3.76. The van der Waals surface area contributed by atoms with Crippen LogP contribution in [0.5, 0.6) is 0 Å². The second kappa shape index (κ2) is 7.17. The van der Waals surface area contributed by atoms with Gasteiger partial charge in [0.15, 0.2) is 0 Å². The molecule has 1 aromatic heterocycles. The Labute approximate surface area is 176 Å². The highest BCUT2D eigenvalue weighted by Crippen LogP contribution is 2.49. The fourth-order valence-corrected chi connectivity index (χ4v) is 5.23. The van der Waals surface area contributed by atoms with Crippen LogP contribution in [0.4, 0.5) is 5.69 Å². The van der Waals surface area contributed by atoms with E-state index in [1.54, 1.807) is 0 Å². The van der Waals surface area contributed by atoms with Crippen molar-refractivity contribution in [1.29, 1.82) is 0 Å². The zero-order valence-corrected chi connectivity index (χ0v) is 17.0. The quantitative estimate of drug-likeness (QED) is 0.726. The summed E-state index contributed by atoms with van der Waals surface area (Å²) in [6.07, 6.45) is 4.09. The molecular formula is C25H25N3O2. The van der Waals surface area contributed by atoms with Gasteiger partial charge < -0.3 is 14.8 Å². The minimum atomic E-state index is -0.688. The maximum absolute atomic E-state index is 13.5. The Kier molecular flexibility index (Phi) is 4.46. The average molecular weight is 399 g/mol. The smallest absolute Gasteiger partial charge is 0.270 e. The number of benzene rings is 2. The van der Waals surface area contributed by atoms with Crippen molar-refractivity contribution in [2.45, 2.75) is 30.7 Å². The number of likely N-dealkylation sites (tertiary alicyclic amines) is 1. The number of nitrogens with one attached hydrogen (secondary N) is 1. The van der Waals surface area contributed by atoms with E-state index in [0.29, 0.717) is 18.7 Å². The lowest BCUT2D eigenvalue weighted by Crippen LogP contribution is -2.49. The van der Waals surface area contributed by atoms with Crippen LogP contribution in [-0.4, -0.2) is 33.9 Å². The van der Waals surface area contributed by atoms with Crippen molar-refractivity contribution < 1.29 is 9.59 Å². The van der Waals surface area contributed by atoms with Gasteiger partial charge >= 0.3 is 0 Å². The molecule has 2 aromatic carbocycles. The monoisotopic (exact) mass is 399 g/mol. The Hall–Kier alpha value is -3.34. The van der Waals surface area contributed by atoms with E-state index < -0.39 is 5.41 Å². The Morgan fingerprint density at radius 3 is 2.60 bits per heavy atom. The van der Waals surface area contributed by atoms with Crippen LogP contribution < -0.4 is 5.32 Å². The number of nitrogens with zero attached hydrogens (tertiary/aromatic N) is 2. The second-order valence-electron chi connectivity index (χ2n) is 8.26. The summed E-state index contributed by atoms with van der Waals surface area (Å²) in [5, 5.41) is 3.08. The van der Waals surface area contributed by atoms with Crippen LogP contribution in [0.25, 0.3) is 0 Å². The summed E-state index contributed by atoms with van der Waals surface area (Å²) in [5.74, 6) is 0.0126. The summed E-state index contributed by atoms with van der Waals surface area (Å²) in [4.78, 5) is 28.8. The zero-order valence-electron chi connectivity index (χ0n) is 17.0. The maximum Gasteiger partial charge on any atom is 0.270 e. The molecule has 1 spiro atoms. The third-order valence-corrected chi connectivity index (χ3v) is 6.73. The third kappa shape index (κ3) is 2.76. The van der Waals surface area contributed by atoms with Crippen molar-refractivity contribution in [1.82, 2.24) is 9.47 Å². The Balaban J connectivity index is 1.55. The molecule has 0 saturated carbocycles. The predicted molar refractivity (Wildman–Crippen MR) is 116 cm³/mol. The number of rotatable bonds is 4. The molecule has 0 unspecified atom stereocenters. The standard InChI is InChI=1S/C25H25N3O2/c1-27-16-7-12-21(27)23(29)28-17-15-25(19-10-5-6-11-20(19)26-24(25)30)22(28)14-13-18-8-3-2-4-9-18/h2-12,16,22H,13-15,17H2,1H3,(H,26,30)/t22-,25-/m0/s1. The van der Waals surface area contributed by atoms with E-state index in [2.05, 4.69) is 17.4 Å². The molecule has 0 aliphatic carbocycles.